The van der Waals surface area contributed by atoms with Crippen LogP contribution in [0, 0.1) is 13.8 Å². The van der Waals surface area contributed by atoms with E-state index in [1.165, 1.54) is 5.56 Å². The summed E-state index contributed by atoms with van der Waals surface area (Å²) in [5.74, 6) is 0. The molecule has 0 atom stereocenters. The third-order valence-corrected chi connectivity index (χ3v) is 4.87. The lowest BCUT2D eigenvalue weighted by Gasteiger charge is -2.06. The Balaban J connectivity index is 1.78. The molecule has 3 heterocycles. The molecule has 0 aliphatic rings. The van der Waals surface area contributed by atoms with E-state index in [4.69, 9.17) is 10.1 Å². The minimum atomic E-state index is 0.833. The molecule has 0 N–H and O–H groups in total. The molecular weight excluding hydrogens is 332 g/mol. The highest BCUT2D eigenvalue weighted by molar-refractivity contribution is 6.04. The maximum Gasteiger partial charge on any atom is 0.165 e. The van der Waals surface area contributed by atoms with Crippen molar-refractivity contribution in [1.29, 1.82) is 0 Å². The summed E-state index contributed by atoms with van der Waals surface area (Å²) in [6.07, 6.45) is 1.88. The molecule has 0 bridgehead atoms. The van der Waals surface area contributed by atoms with Gasteiger partial charge in [-0.3, -0.25) is 0 Å². The lowest BCUT2D eigenvalue weighted by Crippen LogP contribution is -1.97. The zero-order valence-corrected chi connectivity index (χ0v) is 15.2. The van der Waals surface area contributed by atoms with Crippen LogP contribution in [-0.4, -0.2) is 19.7 Å². The highest BCUT2D eigenvalue weighted by atomic mass is 15.3. The Labute approximate surface area is 157 Å². The van der Waals surface area contributed by atoms with Gasteiger partial charge in [0.15, 0.2) is 5.65 Å². The quantitative estimate of drug-likeness (QED) is 0.436. The lowest BCUT2D eigenvalue weighted by molar-refractivity contribution is 0.878. The average Bonchev–Trinajstić information content (AvgIpc) is 3.06. The fourth-order valence-electron chi connectivity index (χ4n) is 3.45. The van der Waals surface area contributed by atoms with Gasteiger partial charge in [0.25, 0.3) is 0 Å². The fraction of sp³-hybridized carbons (Fsp3) is 0.0870. The number of pyridine rings is 2. The number of nitrogens with zero attached hydrogens (tertiary/aromatic N) is 4. The number of aryl methyl sites for hydroxylation is 2. The molecule has 0 fully saturated rings. The van der Waals surface area contributed by atoms with E-state index >= 15 is 0 Å². The molecule has 5 aromatic rings. The van der Waals surface area contributed by atoms with Crippen molar-refractivity contribution < 1.29 is 0 Å². The predicted molar refractivity (Wildman–Crippen MR) is 109 cm³/mol. The van der Waals surface area contributed by atoms with E-state index < -0.39 is 0 Å². The van der Waals surface area contributed by atoms with Crippen molar-refractivity contribution in [3.63, 3.8) is 0 Å². The van der Waals surface area contributed by atoms with Gasteiger partial charge < -0.3 is 0 Å². The molecule has 130 valence electrons. The van der Waals surface area contributed by atoms with Gasteiger partial charge in [0, 0.05) is 17.1 Å². The topological polar surface area (TPSA) is 43.6 Å². The molecule has 0 aliphatic carbocycles. The first kappa shape index (κ1) is 15.7. The van der Waals surface area contributed by atoms with Crippen LogP contribution in [0.3, 0.4) is 0 Å². The first-order chi connectivity index (χ1) is 13.2. The van der Waals surface area contributed by atoms with Crippen LogP contribution in [0.4, 0.5) is 0 Å². The molecule has 3 aromatic heterocycles. The molecule has 0 amide bonds. The maximum atomic E-state index is 4.98. The summed E-state index contributed by atoms with van der Waals surface area (Å²) in [5.41, 5.74) is 7.02. The zero-order valence-electron chi connectivity index (χ0n) is 15.2. The van der Waals surface area contributed by atoms with Gasteiger partial charge in [-0.25, -0.2) is 14.6 Å². The summed E-state index contributed by atoms with van der Waals surface area (Å²) in [4.78, 5) is 9.66. The normalized spacial score (nSPS) is 11.3. The van der Waals surface area contributed by atoms with Crippen LogP contribution in [-0.2, 0) is 0 Å². The highest BCUT2D eigenvalue weighted by Gasteiger charge is 2.15. The van der Waals surface area contributed by atoms with E-state index in [0.29, 0.717) is 0 Å². The van der Waals surface area contributed by atoms with Crippen LogP contribution in [0.15, 0.2) is 72.9 Å². The van der Waals surface area contributed by atoms with Crippen LogP contribution in [0.2, 0.25) is 0 Å². The van der Waals surface area contributed by atoms with Gasteiger partial charge in [0.2, 0.25) is 0 Å². The van der Waals surface area contributed by atoms with E-state index in [1.807, 2.05) is 48.1 Å². The van der Waals surface area contributed by atoms with Crippen molar-refractivity contribution in [2.24, 2.45) is 0 Å². The summed E-state index contributed by atoms with van der Waals surface area (Å²) < 4.78 is 1.89. The minimum Gasteiger partial charge on any atom is -0.247 e. The Kier molecular flexibility index (Phi) is 3.50. The highest BCUT2D eigenvalue weighted by Crippen LogP contribution is 2.29. The third-order valence-electron chi connectivity index (χ3n) is 4.87. The van der Waals surface area contributed by atoms with Gasteiger partial charge >= 0.3 is 0 Å². The van der Waals surface area contributed by atoms with Gasteiger partial charge in [-0.2, -0.15) is 5.10 Å². The van der Waals surface area contributed by atoms with Crippen LogP contribution < -0.4 is 0 Å². The molecule has 4 nitrogen and oxygen atoms in total. The molecule has 5 rings (SSSR count). The molecule has 0 spiro atoms. The summed E-state index contributed by atoms with van der Waals surface area (Å²) in [6, 6.07) is 22.7. The number of fused-ring (bicyclic) bond motifs is 3. The van der Waals surface area contributed by atoms with E-state index in [9.17, 15) is 0 Å². The first-order valence-electron chi connectivity index (χ1n) is 8.98. The molecule has 0 unspecified atom stereocenters. The lowest BCUT2D eigenvalue weighted by atomic mass is 10.1. The summed E-state index contributed by atoms with van der Waals surface area (Å²) >= 11 is 0. The molecule has 2 aromatic carbocycles. The van der Waals surface area contributed by atoms with Gasteiger partial charge in [0.05, 0.1) is 28.0 Å². The zero-order chi connectivity index (χ0) is 18.4. The Morgan fingerprint density at radius 1 is 0.815 bits per heavy atom. The average molecular weight is 350 g/mol. The number of hydrogen-bond donors (Lipinski definition) is 0. The number of hydrogen-bond acceptors (Lipinski definition) is 3. The second-order valence-electron chi connectivity index (χ2n) is 6.79. The summed E-state index contributed by atoms with van der Waals surface area (Å²) in [5, 5.41) is 6.77. The number of aromatic nitrogens is 4. The van der Waals surface area contributed by atoms with Crippen molar-refractivity contribution in [1.82, 2.24) is 19.7 Å². The standard InChI is InChI=1S/C23H18N4/c1-15-8-10-17(11-9-15)20-13-12-18-14-24-23-21(22(18)25-20)16(2)26-27(23)19-6-4-3-5-7-19/h3-14H,1-2H3. The SMILES string of the molecule is Cc1ccc(-c2ccc3cnc4c(c(C)nn4-c4ccccc4)c3n2)cc1. The Bertz CT molecular complexity index is 1270. The van der Waals surface area contributed by atoms with Gasteiger partial charge in [0.1, 0.15) is 0 Å². The Hall–Kier alpha value is -3.53. The Morgan fingerprint density at radius 2 is 1.59 bits per heavy atom. The van der Waals surface area contributed by atoms with Crippen molar-refractivity contribution in [3.05, 3.63) is 84.2 Å². The summed E-state index contributed by atoms with van der Waals surface area (Å²) in [6.45, 7) is 4.11. The number of rotatable bonds is 2. The number of benzene rings is 2. The molecule has 0 saturated heterocycles. The molecule has 0 aliphatic heterocycles. The Morgan fingerprint density at radius 3 is 2.37 bits per heavy atom. The van der Waals surface area contributed by atoms with Crippen LogP contribution in [0.1, 0.15) is 11.3 Å². The fourth-order valence-corrected chi connectivity index (χ4v) is 3.45. The maximum absolute atomic E-state index is 4.98. The second-order valence-corrected chi connectivity index (χ2v) is 6.79. The van der Waals surface area contributed by atoms with E-state index in [-0.39, 0.29) is 0 Å². The monoisotopic (exact) mass is 350 g/mol. The molecule has 4 heteroatoms. The van der Waals surface area contributed by atoms with Gasteiger partial charge in [-0.15, -0.1) is 0 Å². The third kappa shape index (κ3) is 2.57. The minimum absolute atomic E-state index is 0.833. The van der Waals surface area contributed by atoms with Gasteiger partial charge in [-0.1, -0.05) is 48.0 Å². The molecule has 0 saturated carbocycles. The predicted octanol–water partition coefficient (Wildman–Crippen LogP) is 5.25. The van der Waals surface area contributed by atoms with Crippen LogP contribution >= 0.6 is 0 Å². The first-order valence-corrected chi connectivity index (χ1v) is 8.98. The number of para-hydroxylation sites is 1. The van der Waals surface area contributed by atoms with Crippen LogP contribution in [0.5, 0.6) is 0 Å². The van der Waals surface area contributed by atoms with E-state index in [0.717, 1.165) is 44.6 Å². The molecular formula is C23H18N4. The second kappa shape index (κ2) is 6.02. The van der Waals surface area contributed by atoms with E-state index in [2.05, 4.69) is 48.3 Å². The van der Waals surface area contributed by atoms with Crippen molar-refractivity contribution in [2.45, 2.75) is 13.8 Å². The van der Waals surface area contributed by atoms with Gasteiger partial charge in [-0.05, 0) is 38.1 Å². The van der Waals surface area contributed by atoms with E-state index in [1.54, 1.807) is 0 Å². The van der Waals surface area contributed by atoms with Crippen molar-refractivity contribution in [2.75, 3.05) is 0 Å². The van der Waals surface area contributed by atoms with Crippen molar-refractivity contribution >= 4 is 21.9 Å². The molecule has 0 radical (unpaired) electrons. The summed E-state index contributed by atoms with van der Waals surface area (Å²) in [7, 11) is 0. The smallest absolute Gasteiger partial charge is 0.165 e. The largest absolute Gasteiger partial charge is 0.247 e. The molecule has 27 heavy (non-hydrogen) atoms. The van der Waals surface area contributed by atoms with Crippen LogP contribution in [0.25, 0.3) is 38.9 Å². The van der Waals surface area contributed by atoms with Crippen molar-refractivity contribution in [3.8, 4) is 16.9 Å².